The zero-order chi connectivity index (χ0) is 13.8. The van der Waals surface area contributed by atoms with Crippen molar-refractivity contribution in [2.24, 2.45) is 0 Å². The van der Waals surface area contributed by atoms with Gasteiger partial charge in [0.25, 0.3) is 0 Å². The summed E-state index contributed by atoms with van der Waals surface area (Å²) in [5.74, 6) is -0.186. The summed E-state index contributed by atoms with van der Waals surface area (Å²) in [6, 6.07) is 1.37. The number of nitrogens with zero attached hydrogens (tertiary/aromatic N) is 2. The minimum Gasteiger partial charge on any atom is -0.396 e. The molecule has 0 aliphatic carbocycles. The molecule has 0 saturated carbocycles. The van der Waals surface area contributed by atoms with E-state index >= 15 is 0 Å². The normalized spacial score (nSPS) is 11.2. The fraction of sp³-hybridized carbons (Fsp3) is 0.455. The molecule has 1 amide bonds. The molecule has 0 radical (unpaired) electrons. The van der Waals surface area contributed by atoms with Gasteiger partial charge in [0, 0.05) is 26.7 Å². The third-order valence-electron chi connectivity index (χ3n) is 2.45. The summed E-state index contributed by atoms with van der Waals surface area (Å²) in [5, 5.41) is 0. The predicted molar refractivity (Wildman–Crippen MR) is 68.6 cm³/mol. The molecule has 100 valence electrons. The van der Waals surface area contributed by atoms with Crippen LogP contribution >= 0.6 is 0 Å². The molecule has 0 atom stereocenters. The van der Waals surface area contributed by atoms with Gasteiger partial charge in [-0.25, -0.2) is 8.42 Å². The monoisotopic (exact) mass is 271 g/mol. The third-order valence-corrected chi connectivity index (χ3v) is 4.32. The van der Waals surface area contributed by atoms with Gasteiger partial charge in [0.1, 0.15) is 0 Å². The summed E-state index contributed by atoms with van der Waals surface area (Å²) < 4.78 is 23.9. The Morgan fingerprint density at radius 2 is 2.11 bits per heavy atom. The molecule has 0 aromatic carbocycles. The van der Waals surface area contributed by atoms with Crippen LogP contribution in [0.1, 0.15) is 12.8 Å². The highest BCUT2D eigenvalue weighted by Crippen LogP contribution is 2.18. The molecule has 0 fully saturated rings. The van der Waals surface area contributed by atoms with Gasteiger partial charge in [-0.15, -0.1) is 0 Å². The van der Waals surface area contributed by atoms with Crippen LogP contribution in [0.5, 0.6) is 0 Å². The molecule has 7 heteroatoms. The van der Waals surface area contributed by atoms with Crippen LogP contribution in [-0.2, 0) is 14.6 Å². The smallest absolute Gasteiger partial charge is 0.222 e. The number of rotatable bonds is 5. The van der Waals surface area contributed by atoms with E-state index in [1.54, 1.807) is 14.1 Å². The van der Waals surface area contributed by atoms with E-state index in [9.17, 15) is 13.2 Å². The summed E-state index contributed by atoms with van der Waals surface area (Å²) in [6.07, 6.45) is 3.17. The Morgan fingerprint density at radius 1 is 1.44 bits per heavy atom. The summed E-state index contributed by atoms with van der Waals surface area (Å²) in [4.78, 5) is 16.6. The summed E-state index contributed by atoms with van der Waals surface area (Å²) in [5.41, 5.74) is 5.71. The van der Waals surface area contributed by atoms with Crippen molar-refractivity contribution in [1.82, 2.24) is 9.88 Å². The molecular formula is C11H17N3O3S. The number of carbonyl (C=O) groups excluding carboxylic acids is 1. The molecular weight excluding hydrogens is 254 g/mol. The number of carbonyl (C=O) groups is 1. The minimum absolute atomic E-state index is 0.0785. The van der Waals surface area contributed by atoms with Gasteiger partial charge in [-0.3, -0.25) is 9.78 Å². The molecule has 1 rings (SSSR count). The van der Waals surface area contributed by atoms with Gasteiger partial charge in [-0.1, -0.05) is 0 Å². The van der Waals surface area contributed by atoms with Crippen molar-refractivity contribution >= 4 is 21.4 Å². The SMILES string of the molecule is CN(C)C(=O)CCCS(=O)(=O)c1ccncc1N. The number of aromatic nitrogens is 1. The number of anilines is 1. The van der Waals surface area contributed by atoms with Crippen LogP contribution in [0.25, 0.3) is 0 Å². The second-order valence-corrected chi connectivity index (χ2v) is 6.20. The second-order valence-electron chi connectivity index (χ2n) is 4.12. The lowest BCUT2D eigenvalue weighted by Crippen LogP contribution is -2.22. The number of hydrogen-bond donors (Lipinski definition) is 1. The number of nitrogens with two attached hydrogens (primary N) is 1. The lowest BCUT2D eigenvalue weighted by atomic mass is 10.3. The molecule has 1 aromatic heterocycles. The summed E-state index contributed by atoms with van der Waals surface area (Å²) in [7, 11) is -0.175. The van der Waals surface area contributed by atoms with E-state index < -0.39 is 9.84 Å². The molecule has 0 unspecified atom stereocenters. The Bertz CT molecular complexity index is 526. The molecule has 0 spiro atoms. The first-order valence-electron chi connectivity index (χ1n) is 5.47. The number of sulfone groups is 1. The summed E-state index contributed by atoms with van der Waals surface area (Å²) in [6.45, 7) is 0. The van der Waals surface area contributed by atoms with E-state index in [4.69, 9.17) is 5.73 Å². The Labute approximate surface area is 107 Å². The van der Waals surface area contributed by atoms with Gasteiger partial charge in [0.05, 0.1) is 22.5 Å². The highest BCUT2D eigenvalue weighted by atomic mass is 32.2. The topological polar surface area (TPSA) is 93.4 Å². The Hall–Kier alpha value is -1.63. The highest BCUT2D eigenvalue weighted by molar-refractivity contribution is 7.91. The summed E-state index contributed by atoms with van der Waals surface area (Å²) >= 11 is 0. The van der Waals surface area contributed by atoms with Gasteiger partial charge >= 0.3 is 0 Å². The molecule has 6 nitrogen and oxygen atoms in total. The van der Waals surface area contributed by atoms with Crippen LogP contribution in [0.15, 0.2) is 23.4 Å². The third kappa shape index (κ3) is 3.69. The van der Waals surface area contributed by atoms with Crippen LogP contribution in [-0.4, -0.2) is 44.1 Å². The first-order valence-corrected chi connectivity index (χ1v) is 7.12. The first kappa shape index (κ1) is 14.4. The van der Waals surface area contributed by atoms with Crippen molar-refractivity contribution in [2.45, 2.75) is 17.7 Å². The first-order chi connectivity index (χ1) is 8.34. The van der Waals surface area contributed by atoms with Gasteiger partial charge < -0.3 is 10.6 Å². The fourth-order valence-electron chi connectivity index (χ4n) is 1.42. The number of amides is 1. The molecule has 1 heterocycles. The largest absolute Gasteiger partial charge is 0.396 e. The van der Waals surface area contributed by atoms with Gasteiger partial charge in [-0.2, -0.15) is 0 Å². The predicted octanol–water partition coefficient (Wildman–Crippen LogP) is 0.306. The second kappa shape index (κ2) is 5.81. The lowest BCUT2D eigenvalue weighted by molar-refractivity contribution is -0.128. The minimum atomic E-state index is -3.45. The molecule has 0 aliphatic heterocycles. The quantitative estimate of drug-likeness (QED) is 0.831. The zero-order valence-corrected chi connectivity index (χ0v) is 11.3. The van der Waals surface area contributed by atoms with Crippen LogP contribution in [0, 0.1) is 0 Å². The lowest BCUT2D eigenvalue weighted by Gasteiger charge is -2.10. The molecule has 0 saturated heterocycles. The van der Waals surface area contributed by atoms with Gasteiger partial charge in [-0.05, 0) is 12.5 Å². The van der Waals surface area contributed by atoms with Crippen molar-refractivity contribution < 1.29 is 13.2 Å². The molecule has 0 bridgehead atoms. The van der Waals surface area contributed by atoms with E-state index in [-0.39, 0.29) is 35.1 Å². The number of nitrogen functional groups attached to an aromatic ring is 1. The van der Waals surface area contributed by atoms with Crippen molar-refractivity contribution in [3.63, 3.8) is 0 Å². The van der Waals surface area contributed by atoms with Crippen molar-refractivity contribution in [3.05, 3.63) is 18.5 Å². The average molecular weight is 271 g/mol. The van der Waals surface area contributed by atoms with Crippen LogP contribution in [0.2, 0.25) is 0 Å². The van der Waals surface area contributed by atoms with E-state index in [1.807, 2.05) is 0 Å². The van der Waals surface area contributed by atoms with Crippen molar-refractivity contribution in [3.8, 4) is 0 Å². The van der Waals surface area contributed by atoms with Crippen LogP contribution < -0.4 is 5.73 Å². The van der Waals surface area contributed by atoms with E-state index in [0.29, 0.717) is 0 Å². The maximum atomic E-state index is 12.0. The van der Waals surface area contributed by atoms with Gasteiger partial charge in [0.15, 0.2) is 9.84 Å². The molecule has 18 heavy (non-hydrogen) atoms. The molecule has 0 aliphatic rings. The van der Waals surface area contributed by atoms with Crippen LogP contribution in [0.4, 0.5) is 5.69 Å². The maximum absolute atomic E-state index is 12.0. The van der Waals surface area contributed by atoms with Crippen LogP contribution in [0.3, 0.4) is 0 Å². The molecule has 1 aromatic rings. The standard InChI is InChI=1S/C11H17N3O3S/c1-14(2)11(15)4-3-7-18(16,17)10-5-6-13-8-9(10)12/h5-6,8H,3-4,7,12H2,1-2H3. The number of hydrogen-bond acceptors (Lipinski definition) is 5. The van der Waals surface area contributed by atoms with E-state index in [2.05, 4.69) is 4.98 Å². The zero-order valence-electron chi connectivity index (χ0n) is 10.5. The molecule has 2 N–H and O–H groups in total. The Balaban J connectivity index is 2.67. The van der Waals surface area contributed by atoms with E-state index in [0.717, 1.165) is 0 Å². The van der Waals surface area contributed by atoms with Gasteiger partial charge in [0.2, 0.25) is 5.91 Å². The Morgan fingerprint density at radius 3 is 2.67 bits per heavy atom. The Kier molecular flexibility index (Phi) is 4.66. The maximum Gasteiger partial charge on any atom is 0.222 e. The van der Waals surface area contributed by atoms with Crippen molar-refractivity contribution in [1.29, 1.82) is 0 Å². The highest BCUT2D eigenvalue weighted by Gasteiger charge is 2.18. The van der Waals surface area contributed by atoms with Crippen molar-refractivity contribution in [2.75, 3.05) is 25.6 Å². The fourth-order valence-corrected chi connectivity index (χ4v) is 2.85. The number of pyridine rings is 1. The van der Waals surface area contributed by atoms with E-state index in [1.165, 1.54) is 23.4 Å². The average Bonchev–Trinajstić information content (AvgIpc) is 2.28.